The van der Waals surface area contributed by atoms with Gasteiger partial charge >= 0.3 is 0 Å². The molecule has 0 aromatic carbocycles. The van der Waals surface area contributed by atoms with Crippen molar-refractivity contribution < 1.29 is 0 Å². The van der Waals surface area contributed by atoms with Crippen molar-refractivity contribution in [2.24, 2.45) is 7.05 Å². The molecule has 2 rings (SSSR count). The van der Waals surface area contributed by atoms with Gasteiger partial charge in [-0.25, -0.2) is 0 Å². The maximum absolute atomic E-state index is 4.62. The largest absolute Gasteiger partial charge is 0.354 e. The van der Waals surface area contributed by atoms with Crippen molar-refractivity contribution in [1.82, 2.24) is 15.1 Å². The second-order valence-electron chi connectivity index (χ2n) is 5.45. The molecule has 0 aliphatic carbocycles. The first-order valence-electron chi connectivity index (χ1n) is 7.16. The van der Waals surface area contributed by atoms with Crippen molar-refractivity contribution in [3.8, 4) is 0 Å². The van der Waals surface area contributed by atoms with Gasteiger partial charge in [0, 0.05) is 42.7 Å². The predicted octanol–water partition coefficient (Wildman–Crippen LogP) is 2.17. The van der Waals surface area contributed by atoms with E-state index in [1.165, 1.54) is 11.4 Å². The van der Waals surface area contributed by atoms with Gasteiger partial charge in [0.05, 0.1) is 5.69 Å². The van der Waals surface area contributed by atoms with Crippen LogP contribution in [0.1, 0.15) is 32.0 Å². The van der Waals surface area contributed by atoms with E-state index >= 15 is 0 Å². The molecule has 1 fully saturated rings. The highest BCUT2D eigenvalue weighted by Crippen LogP contribution is 2.31. The zero-order valence-electron chi connectivity index (χ0n) is 12.7. The summed E-state index contributed by atoms with van der Waals surface area (Å²) in [5.41, 5.74) is 2.51. The standard InChI is InChI=1S/C14H26N4S/c1-6-15-7-13-12(4)16-17(5)14(13)18-8-10(2)19-11(3)9-18/h10-11,15H,6-9H2,1-5H3. The van der Waals surface area contributed by atoms with Gasteiger partial charge in [0.25, 0.3) is 0 Å². The molecule has 2 unspecified atom stereocenters. The lowest BCUT2D eigenvalue weighted by Crippen LogP contribution is -2.42. The molecule has 0 spiro atoms. The number of nitrogens with zero attached hydrogens (tertiary/aromatic N) is 3. The number of hydrogen-bond acceptors (Lipinski definition) is 4. The zero-order valence-corrected chi connectivity index (χ0v) is 13.5. The summed E-state index contributed by atoms with van der Waals surface area (Å²) in [7, 11) is 2.06. The fraction of sp³-hybridized carbons (Fsp3) is 0.786. The highest BCUT2D eigenvalue weighted by atomic mass is 32.2. The molecule has 108 valence electrons. The summed E-state index contributed by atoms with van der Waals surface area (Å²) in [5, 5.41) is 9.42. The molecule has 0 saturated carbocycles. The topological polar surface area (TPSA) is 33.1 Å². The molecule has 0 bridgehead atoms. The predicted molar refractivity (Wildman–Crippen MR) is 84.1 cm³/mol. The van der Waals surface area contributed by atoms with E-state index in [-0.39, 0.29) is 0 Å². The Morgan fingerprint density at radius 3 is 2.53 bits per heavy atom. The number of aryl methyl sites for hydroxylation is 2. The average Bonchev–Trinajstić information content (AvgIpc) is 2.59. The van der Waals surface area contributed by atoms with E-state index in [9.17, 15) is 0 Å². The third-order valence-corrected chi connectivity index (χ3v) is 4.81. The second kappa shape index (κ2) is 6.18. The van der Waals surface area contributed by atoms with Crippen LogP contribution in [0.4, 0.5) is 5.82 Å². The molecule has 19 heavy (non-hydrogen) atoms. The van der Waals surface area contributed by atoms with E-state index in [0.717, 1.165) is 31.9 Å². The summed E-state index contributed by atoms with van der Waals surface area (Å²) in [4.78, 5) is 2.51. The molecule has 0 radical (unpaired) electrons. The molecule has 2 atom stereocenters. The van der Waals surface area contributed by atoms with Gasteiger partial charge < -0.3 is 10.2 Å². The molecule has 1 aliphatic rings. The zero-order chi connectivity index (χ0) is 14.0. The molecular weight excluding hydrogens is 256 g/mol. The first-order chi connectivity index (χ1) is 9.02. The Balaban J connectivity index is 2.27. The molecule has 1 N–H and O–H groups in total. The van der Waals surface area contributed by atoms with Gasteiger partial charge in [-0.1, -0.05) is 20.8 Å². The maximum atomic E-state index is 4.62. The van der Waals surface area contributed by atoms with Crippen LogP contribution >= 0.6 is 11.8 Å². The van der Waals surface area contributed by atoms with Gasteiger partial charge in [-0.2, -0.15) is 16.9 Å². The summed E-state index contributed by atoms with van der Waals surface area (Å²) in [5.74, 6) is 1.30. The third-order valence-electron chi connectivity index (χ3n) is 3.58. The number of rotatable bonds is 4. The van der Waals surface area contributed by atoms with Gasteiger partial charge in [0.1, 0.15) is 5.82 Å². The minimum absolute atomic E-state index is 0.686. The van der Waals surface area contributed by atoms with Crippen molar-refractivity contribution in [2.45, 2.75) is 44.7 Å². The lowest BCUT2D eigenvalue weighted by molar-refractivity contribution is 0.661. The number of hydrogen-bond donors (Lipinski definition) is 1. The van der Waals surface area contributed by atoms with Gasteiger partial charge in [-0.15, -0.1) is 0 Å². The summed E-state index contributed by atoms with van der Waals surface area (Å²) < 4.78 is 2.05. The van der Waals surface area contributed by atoms with E-state index in [1.54, 1.807) is 0 Å². The highest BCUT2D eigenvalue weighted by molar-refractivity contribution is 8.00. The smallest absolute Gasteiger partial charge is 0.131 e. The summed E-state index contributed by atoms with van der Waals surface area (Å²) in [6, 6.07) is 0. The van der Waals surface area contributed by atoms with Gasteiger partial charge in [-0.05, 0) is 13.5 Å². The quantitative estimate of drug-likeness (QED) is 0.917. The third kappa shape index (κ3) is 3.26. The molecule has 0 amide bonds. The summed E-state index contributed by atoms with van der Waals surface area (Å²) >= 11 is 2.09. The molecule has 1 saturated heterocycles. The van der Waals surface area contributed by atoms with Crippen LogP contribution in [-0.2, 0) is 13.6 Å². The number of aromatic nitrogens is 2. The molecule has 1 aromatic rings. The number of anilines is 1. The van der Waals surface area contributed by atoms with Crippen LogP contribution in [0.5, 0.6) is 0 Å². The Hall–Kier alpha value is -0.680. The van der Waals surface area contributed by atoms with Gasteiger partial charge in [0.2, 0.25) is 0 Å². The Bertz CT molecular complexity index is 419. The van der Waals surface area contributed by atoms with Crippen LogP contribution in [0.25, 0.3) is 0 Å². The molecule has 5 heteroatoms. The maximum Gasteiger partial charge on any atom is 0.131 e. The lowest BCUT2D eigenvalue weighted by atomic mass is 10.2. The van der Waals surface area contributed by atoms with Crippen LogP contribution in [0, 0.1) is 6.92 Å². The number of nitrogens with one attached hydrogen (secondary N) is 1. The van der Waals surface area contributed by atoms with Gasteiger partial charge in [0.15, 0.2) is 0 Å². The van der Waals surface area contributed by atoms with E-state index < -0.39 is 0 Å². The first kappa shape index (κ1) is 14.7. The van der Waals surface area contributed by atoms with Crippen molar-refractivity contribution >= 4 is 17.6 Å². The van der Waals surface area contributed by atoms with E-state index in [4.69, 9.17) is 0 Å². The van der Waals surface area contributed by atoms with Crippen LogP contribution < -0.4 is 10.2 Å². The van der Waals surface area contributed by atoms with Crippen LogP contribution in [0.15, 0.2) is 0 Å². The first-order valence-corrected chi connectivity index (χ1v) is 8.10. The molecule has 1 aliphatic heterocycles. The fourth-order valence-electron chi connectivity index (χ4n) is 2.89. The Morgan fingerprint density at radius 2 is 1.95 bits per heavy atom. The second-order valence-corrected chi connectivity index (χ2v) is 7.34. The van der Waals surface area contributed by atoms with Gasteiger partial charge in [-0.3, -0.25) is 4.68 Å². The fourth-order valence-corrected chi connectivity index (χ4v) is 4.22. The van der Waals surface area contributed by atoms with Crippen molar-refractivity contribution in [3.63, 3.8) is 0 Å². The normalized spacial score (nSPS) is 23.9. The van der Waals surface area contributed by atoms with Crippen LogP contribution in [0.2, 0.25) is 0 Å². The SMILES string of the molecule is CCNCc1c(C)nn(C)c1N1CC(C)SC(C)C1. The minimum Gasteiger partial charge on any atom is -0.354 e. The monoisotopic (exact) mass is 282 g/mol. The van der Waals surface area contributed by atoms with Crippen LogP contribution in [0.3, 0.4) is 0 Å². The molecule has 4 nitrogen and oxygen atoms in total. The number of thioether (sulfide) groups is 1. The Labute approximate surface area is 120 Å². The molecule has 1 aromatic heterocycles. The highest BCUT2D eigenvalue weighted by Gasteiger charge is 2.27. The van der Waals surface area contributed by atoms with Crippen molar-refractivity contribution in [1.29, 1.82) is 0 Å². The van der Waals surface area contributed by atoms with E-state index in [2.05, 4.69) is 66.5 Å². The van der Waals surface area contributed by atoms with Crippen molar-refractivity contribution in [3.05, 3.63) is 11.3 Å². The summed E-state index contributed by atoms with van der Waals surface area (Å²) in [6.07, 6.45) is 0. The minimum atomic E-state index is 0.686. The average molecular weight is 282 g/mol. The molecular formula is C14H26N4S. The Morgan fingerprint density at radius 1 is 1.32 bits per heavy atom. The van der Waals surface area contributed by atoms with E-state index in [0.29, 0.717) is 10.5 Å². The lowest BCUT2D eigenvalue weighted by Gasteiger charge is -2.36. The Kier molecular flexibility index (Phi) is 4.79. The van der Waals surface area contributed by atoms with E-state index in [1.807, 2.05) is 0 Å². The van der Waals surface area contributed by atoms with Crippen molar-refractivity contribution in [2.75, 3.05) is 24.5 Å². The van der Waals surface area contributed by atoms with Crippen LogP contribution in [-0.4, -0.2) is 39.9 Å². The summed E-state index contributed by atoms with van der Waals surface area (Å²) in [6.45, 7) is 13.0. The molecule has 2 heterocycles.